The summed E-state index contributed by atoms with van der Waals surface area (Å²) in [7, 11) is 1.83. The predicted octanol–water partition coefficient (Wildman–Crippen LogP) is 2.42. The van der Waals surface area contributed by atoms with E-state index in [0.29, 0.717) is 31.8 Å². The van der Waals surface area contributed by atoms with Gasteiger partial charge in [-0.15, -0.1) is 0 Å². The van der Waals surface area contributed by atoms with E-state index in [4.69, 9.17) is 0 Å². The number of likely N-dealkylation sites (tertiary alicyclic amines) is 1. The first kappa shape index (κ1) is 15.1. The fraction of sp³-hybridized carbons (Fsp3) is 0.867. The van der Waals surface area contributed by atoms with Crippen LogP contribution in [0.5, 0.6) is 0 Å². The molecular formula is C15H26N2O3. The van der Waals surface area contributed by atoms with Gasteiger partial charge >= 0.3 is 12.0 Å². The molecule has 114 valence electrons. The maximum absolute atomic E-state index is 12.4. The molecule has 0 aromatic rings. The molecule has 0 aromatic carbocycles. The molecule has 5 nitrogen and oxygen atoms in total. The molecule has 2 amide bonds. The first-order chi connectivity index (χ1) is 9.48. The van der Waals surface area contributed by atoms with Crippen molar-refractivity contribution in [1.82, 2.24) is 9.80 Å². The summed E-state index contributed by atoms with van der Waals surface area (Å²) in [6.07, 6.45) is 5.78. The Hall–Kier alpha value is -1.26. The fourth-order valence-corrected chi connectivity index (χ4v) is 3.38. The van der Waals surface area contributed by atoms with Gasteiger partial charge in [-0.1, -0.05) is 19.8 Å². The molecular weight excluding hydrogens is 256 g/mol. The van der Waals surface area contributed by atoms with Gasteiger partial charge in [0.05, 0.1) is 5.41 Å². The lowest BCUT2D eigenvalue weighted by Gasteiger charge is -2.33. The molecule has 0 aromatic heterocycles. The van der Waals surface area contributed by atoms with E-state index in [1.807, 2.05) is 14.0 Å². The zero-order valence-corrected chi connectivity index (χ0v) is 12.6. The van der Waals surface area contributed by atoms with Gasteiger partial charge in [0.15, 0.2) is 0 Å². The zero-order valence-electron chi connectivity index (χ0n) is 12.6. The molecule has 1 saturated heterocycles. The van der Waals surface area contributed by atoms with E-state index in [1.54, 1.807) is 9.80 Å². The standard InChI is InChI=1S/C15H26N2O3/c1-3-7-15(13(18)19)8-9-17(11-15)14(20)16(2)10-12-5-4-6-12/h12H,3-11H2,1-2H3,(H,18,19). The highest BCUT2D eigenvalue weighted by molar-refractivity contribution is 5.79. The van der Waals surface area contributed by atoms with E-state index in [9.17, 15) is 14.7 Å². The second-order valence-electron chi connectivity index (χ2n) is 6.47. The number of hydrogen-bond acceptors (Lipinski definition) is 2. The topological polar surface area (TPSA) is 60.9 Å². The molecule has 1 aliphatic carbocycles. The maximum atomic E-state index is 12.4. The van der Waals surface area contributed by atoms with Crippen molar-refractivity contribution >= 4 is 12.0 Å². The van der Waals surface area contributed by atoms with E-state index in [-0.39, 0.29) is 6.03 Å². The highest BCUT2D eigenvalue weighted by atomic mass is 16.4. The number of nitrogens with zero attached hydrogens (tertiary/aromatic N) is 2. The highest BCUT2D eigenvalue weighted by Crippen LogP contribution is 2.36. The SMILES string of the molecule is CCCC1(C(=O)O)CCN(C(=O)N(C)CC2CCC2)C1. The summed E-state index contributed by atoms with van der Waals surface area (Å²) < 4.78 is 0. The minimum Gasteiger partial charge on any atom is -0.481 e. The smallest absolute Gasteiger partial charge is 0.319 e. The van der Waals surface area contributed by atoms with E-state index < -0.39 is 11.4 Å². The van der Waals surface area contributed by atoms with Gasteiger partial charge in [-0.05, 0) is 31.6 Å². The third-order valence-corrected chi connectivity index (χ3v) is 4.89. The first-order valence-corrected chi connectivity index (χ1v) is 7.72. The number of hydrogen-bond donors (Lipinski definition) is 1. The lowest BCUT2D eigenvalue weighted by molar-refractivity contribution is -0.148. The Kier molecular flexibility index (Phi) is 4.55. The summed E-state index contributed by atoms with van der Waals surface area (Å²) in [5, 5.41) is 9.47. The van der Waals surface area contributed by atoms with Crippen molar-refractivity contribution in [3.63, 3.8) is 0 Å². The maximum Gasteiger partial charge on any atom is 0.319 e. The lowest BCUT2D eigenvalue weighted by atomic mass is 9.83. The largest absolute Gasteiger partial charge is 0.481 e. The zero-order chi connectivity index (χ0) is 14.8. The molecule has 1 unspecified atom stereocenters. The van der Waals surface area contributed by atoms with Crippen molar-refractivity contribution < 1.29 is 14.7 Å². The molecule has 5 heteroatoms. The highest BCUT2D eigenvalue weighted by Gasteiger charge is 2.46. The Morgan fingerprint density at radius 2 is 2.10 bits per heavy atom. The van der Waals surface area contributed by atoms with Gasteiger partial charge in [0.2, 0.25) is 0 Å². The molecule has 1 saturated carbocycles. The quantitative estimate of drug-likeness (QED) is 0.842. The molecule has 0 spiro atoms. The van der Waals surface area contributed by atoms with Gasteiger partial charge in [-0.25, -0.2) is 4.79 Å². The molecule has 1 aliphatic heterocycles. The predicted molar refractivity (Wildman–Crippen MR) is 76.5 cm³/mol. The van der Waals surface area contributed by atoms with Gasteiger partial charge in [0.25, 0.3) is 0 Å². The van der Waals surface area contributed by atoms with Crippen LogP contribution in [-0.2, 0) is 4.79 Å². The van der Waals surface area contributed by atoms with Gasteiger partial charge in [0, 0.05) is 26.7 Å². The van der Waals surface area contributed by atoms with Crippen molar-refractivity contribution in [2.75, 3.05) is 26.7 Å². The molecule has 1 N–H and O–H groups in total. The van der Waals surface area contributed by atoms with Crippen molar-refractivity contribution in [2.45, 2.75) is 45.4 Å². The minimum atomic E-state index is -0.753. The Bertz CT molecular complexity index is 381. The summed E-state index contributed by atoms with van der Waals surface area (Å²) in [5.41, 5.74) is -0.721. The van der Waals surface area contributed by atoms with Crippen LogP contribution in [-0.4, -0.2) is 53.6 Å². The van der Waals surface area contributed by atoms with E-state index in [2.05, 4.69) is 0 Å². The van der Waals surface area contributed by atoms with Crippen molar-refractivity contribution in [3.8, 4) is 0 Å². The Morgan fingerprint density at radius 3 is 2.60 bits per heavy atom. The van der Waals surface area contributed by atoms with Crippen LogP contribution in [0.4, 0.5) is 4.79 Å². The summed E-state index contributed by atoms with van der Waals surface area (Å²) in [6.45, 7) is 3.74. The molecule has 0 radical (unpaired) electrons. The van der Waals surface area contributed by atoms with Gasteiger partial charge in [0.1, 0.15) is 0 Å². The molecule has 1 atom stereocenters. The number of urea groups is 1. The molecule has 2 rings (SSSR count). The van der Waals surface area contributed by atoms with Crippen LogP contribution in [0.15, 0.2) is 0 Å². The molecule has 20 heavy (non-hydrogen) atoms. The Morgan fingerprint density at radius 1 is 1.40 bits per heavy atom. The summed E-state index contributed by atoms with van der Waals surface area (Å²) >= 11 is 0. The van der Waals surface area contributed by atoms with E-state index >= 15 is 0 Å². The number of carbonyl (C=O) groups excluding carboxylic acids is 1. The van der Waals surface area contributed by atoms with Gasteiger partial charge in [-0.2, -0.15) is 0 Å². The third kappa shape index (κ3) is 2.91. The van der Waals surface area contributed by atoms with Crippen LogP contribution in [0.3, 0.4) is 0 Å². The van der Waals surface area contributed by atoms with Crippen LogP contribution >= 0.6 is 0 Å². The Balaban J connectivity index is 1.93. The van der Waals surface area contributed by atoms with Crippen LogP contribution < -0.4 is 0 Å². The summed E-state index contributed by atoms with van der Waals surface area (Å²) in [5.74, 6) is -0.109. The van der Waals surface area contributed by atoms with Crippen molar-refractivity contribution in [1.29, 1.82) is 0 Å². The van der Waals surface area contributed by atoms with Crippen LogP contribution in [0.25, 0.3) is 0 Å². The molecule has 0 bridgehead atoms. The fourth-order valence-electron chi connectivity index (χ4n) is 3.38. The van der Waals surface area contributed by atoms with Gasteiger partial charge < -0.3 is 14.9 Å². The number of carbonyl (C=O) groups is 2. The second-order valence-corrected chi connectivity index (χ2v) is 6.47. The number of aliphatic carboxylic acids is 1. The summed E-state index contributed by atoms with van der Waals surface area (Å²) in [4.78, 5) is 27.4. The normalized spacial score (nSPS) is 26.4. The third-order valence-electron chi connectivity index (χ3n) is 4.89. The number of amides is 2. The molecule has 2 fully saturated rings. The monoisotopic (exact) mass is 282 g/mol. The van der Waals surface area contributed by atoms with E-state index in [1.165, 1.54) is 19.3 Å². The molecule has 2 aliphatic rings. The van der Waals surface area contributed by atoms with Crippen molar-refractivity contribution in [3.05, 3.63) is 0 Å². The second kappa shape index (κ2) is 6.02. The number of carboxylic acids is 1. The van der Waals surface area contributed by atoms with Crippen LogP contribution in [0.1, 0.15) is 45.4 Å². The van der Waals surface area contributed by atoms with E-state index in [0.717, 1.165) is 13.0 Å². The minimum absolute atomic E-state index is 0.00359. The number of rotatable bonds is 5. The average Bonchev–Trinajstić information content (AvgIpc) is 2.78. The summed E-state index contributed by atoms with van der Waals surface area (Å²) in [6, 6.07) is -0.00359. The lowest BCUT2D eigenvalue weighted by Crippen LogP contribution is -2.44. The van der Waals surface area contributed by atoms with Crippen LogP contribution in [0.2, 0.25) is 0 Å². The van der Waals surface area contributed by atoms with Crippen LogP contribution in [0, 0.1) is 11.3 Å². The first-order valence-electron chi connectivity index (χ1n) is 7.72. The number of carboxylic acid groups (broad SMARTS) is 1. The van der Waals surface area contributed by atoms with Gasteiger partial charge in [-0.3, -0.25) is 4.79 Å². The van der Waals surface area contributed by atoms with Crippen molar-refractivity contribution in [2.24, 2.45) is 11.3 Å². The molecule has 1 heterocycles. The Labute approximate surface area is 120 Å². The average molecular weight is 282 g/mol.